The van der Waals surface area contributed by atoms with Crippen molar-refractivity contribution in [2.75, 3.05) is 6.61 Å². The summed E-state index contributed by atoms with van der Waals surface area (Å²) >= 11 is 2.61. The summed E-state index contributed by atoms with van der Waals surface area (Å²) in [4.78, 5) is 4.21. The van der Waals surface area contributed by atoms with Gasteiger partial charge in [-0.2, -0.15) is 0 Å². The van der Waals surface area contributed by atoms with E-state index in [1.807, 2.05) is 0 Å². The molecule has 0 fully saturated rings. The van der Waals surface area contributed by atoms with Gasteiger partial charge in [-0.25, -0.2) is 19.1 Å². The normalized spacial score (nSPS) is 10.6. The molecule has 0 aliphatic rings. The van der Waals surface area contributed by atoms with Crippen LogP contribution in [0, 0.1) is 17.5 Å². The topological polar surface area (TPSA) is 35.2 Å². The zero-order chi connectivity index (χ0) is 10.7. The van der Waals surface area contributed by atoms with Gasteiger partial charge in [0.1, 0.15) is 5.82 Å². The van der Waals surface area contributed by atoms with Crippen LogP contribution in [0.3, 0.4) is 0 Å². The fourth-order valence-electron chi connectivity index (χ4n) is 0.973. The molecule has 0 aliphatic heterocycles. The maximum Gasteiger partial charge on any atom is 0.175 e. The Morgan fingerprint density at radius 3 is 2.50 bits per heavy atom. The molecule has 0 amide bonds. The number of hydrogen-bond donors (Lipinski definition) is 1. The molecule has 0 saturated carbocycles. The highest BCUT2D eigenvalue weighted by molar-refractivity contribution is 9.10. The zero-order valence-corrected chi connectivity index (χ0v) is 8.58. The fraction of sp³-hybridized carbons (Fsp3) is 0.250. The van der Waals surface area contributed by atoms with Crippen LogP contribution in [0.15, 0.2) is 10.5 Å². The molecular weight excluding hydrogens is 263 g/mol. The minimum Gasteiger partial charge on any atom is -0.304 e. The lowest BCUT2D eigenvalue weighted by molar-refractivity contribution is 0.140. The Hall–Kier alpha value is -0.590. The van der Waals surface area contributed by atoms with Gasteiger partial charge in [0, 0.05) is 6.42 Å². The zero-order valence-electron chi connectivity index (χ0n) is 6.99. The minimum atomic E-state index is -1.24. The van der Waals surface area contributed by atoms with Crippen LogP contribution in [-0.2, 0) is 11.3 Å². The van der Waals surface area contributed by atoms with Gasteiger partial charge in [0.05, 0.1) is 11.1 Å². The van der Waals surface area contributed by atoms with Gasteiger partial charge in [-0.1, -0.05) is 0 Å². The smallest absolute Gasteiger partial charge is 0.175 e. The minimum absolute atomic E-state index is 0.0150. The van der Waals surface area contributed by atoms with Crippen LogP contribution in [0.25, 0.3) is 0 Å². The first kappa shape index (κ1) is 11.5. The number of hydrogen-bond acceptors (Lipinski definition) is 2. The molecule has 0 aliphatic carbocycles. The molecule has 0 aromatic heterocycles. The summed E-state index contributed by atoms with van der Waals surface area (Å²) in [6.07, 6.45) is 0.0815. The van der Waals surface area contributed by atoms with E-state index in [0.717, 1.165) is 6.07 Å². The van der Waals surface area contributed by atoms with Crippen LogP contribution >= 0.6 is 15.9 Å². The molecule has 0 saturated heterocycles. The predicted molar refractivity (Wildman–Crippen MR) is 47.9 cm³/mol. The molecule has 2 nitrogen and oxygen atoms in total. The van der Waals surface area contributed by atoms with Crippen molar-refractivity contribution in [3.63, 3.8) is 0 Å². The lowest BCUT2D eigenvalue weighted by Crippen LogP contribution is -2.06. The number of nitrogens with two attached hydrogens (primary N) is 1. The van der Waals surface area contributed by atoms with E-state index < -0.39 is 21.9 Å². The lowest BCUT2D eigenvalue weighted by Gasteiger charge is -2.05. The Kier molecular flexibility index (Phi) is 3.91. The quantitative estimate of drug-likeness (QED) is 0.519. The Balaban J connectivity index is 3.06. The second kappa shape index (κ2) is 4.77. The van der Waals surface area contributed by atoms with Crippen LogP contribution in [0.1, 0.15) is 5.56 Å². The van der Waals surface area contributed by atoms with Crippen molar-refractivity contribution in [1.82, 2.24) is 0 Å². The van der Waals surface area contributed by atoms with Gasteiger partial charge < -0.3 is 4.84 Å². The second-order valence-corrected chi connectivity index (χ2v) is 3.37. The van der Waals surface area contributed by atoms with Gasteiger partial charge in [0.25, 0.3) is 0 Å². The van der Waals surface area contributed by atoms with Gasteiger partial charge in [0.15, 0.2) is 11.6 Å². The molecule has 1 aromatic rings. The summed E-state index contributed by atoms with van der Waals surface area (Å²) in [6, 6.07) is 0.786. The third kappa shape index (κ3) is 2.26. The van der Waals surface area contributed by atoms with Crippen molar-refractivity contribution in [2.45, 2.75) is 6.42 Å². The standard InChI is InChI=1S/C8H7BrF3NO/c9-6-7(11)4(1-2-14-13)3-5(10)8(6)12/h3H,1-2,13H2. The van der Waals surface area contributed by atoms with Crippen molar-refractivity contribution in [3.05, 3.63) is 33.6 Å². The molecule has 0 bridgehead atoms. The molecule has 0 unspecified atom stereocenters. The molecule has 14 heavy (non-hydrogen) atoms. The van der Waals surface area contributed by atoms with Crippen molar-refractivity contribution in [2.24, 2.45) is 5.90 Å². The van der Waals surface area contributed by atoms with E-state index in [1.165, 1.54) is 0 Å². The summed E-state index contributed by atoms with van der Waals surface area (Å²) in [5.41, 5.74) is 0.0150. The fourth-order valence-corrected chi connectivity index (χ4v) is 1.42. The van der Waals surface area contributed by atoms with Crippen LogP contribution in [0.4, 0.5) is 13.2 Å². The molecule has 78 valence electrons. The lowest BCUT2D eigenvalue weighted by atomic mass is 10.1. The average Bonchev–Trinajstić information content (AvgIpc) is 2.18. The maximum atomic E-state index is 13.2. The van der Waals surface area contributed by atoms with Gasteiger partial charge >= 0.3 is 0 Å². The molecule has 0 heterocycles. The Morgan fingerprint density at radius 2 is 1.93 bits per heavy atom. The molecule has 0 spiro atoms. The van der Waals surface area contributed by atoms with Crippen molar-refractivity contribution in [1.29, 1.82) is 0 Å². The number of rotatable bonds is 3. The van der Waals surface area contributed by atoms with E-state index in [2.05, 4.69) is 20.8 Å². The Labute approximate surface area is 86.9 Å². The SMILES string of the molecule is NOCCc1cc(F)c(F)c(Br)c1F. The van der Waals surface area contributed by atoms with Gasteiger partial charge in [-0.05, 0) is 27.6 Å². The molecular formula is C8H7BrF3NO. The highest BCUT2D eigenvalue weighted by atomic mass is 79.9. The first-order chi connectivity index (χ1) is 6.57. The van der Waals surface area contributed by atoms with Crippen LogP contribution < -0.4 is 5.90 Å². The van der Waals surface area contributed by atoms with E-state index in [1.54, 1.807) is 0 Å². The van der Waals surface area contributed by atoms with Crippen molar-refractivity contribution in [3.8, 4) is 0 Å². The molecule has 1 rings (SSSR count). The van der Waals surface area contributed by atoms with Crippen molar-refractivity contribution < 1.29 is 18.0 Å². The Morgan fingerprint density at radius 1 is 1.29 bits per heavy atom. The summed E-state index contributed by atoms with van der Waals surface area (Å²) in [5, 5.41) is 0. The van der Waals surface area contributed by atoms with Gasteiger partial charge in [0.2, 0.25) is 0 Å². The van der Waals surface area contributed by atoms with Crippen molar-refractivity contribution >= 4 is 15.9 Å². The predicted octanol–water partition coefficient (Wildman–Crippen LogP) is 2.30. The molecule has 1 aromatic carbocycles. The third-order valence-corrected chi connectivity index (χ3v) is 2.36. The van der Waals surface area contributed by atoms with Gasteiger partial charge in [-0.3, -0.25) is 0 Å². The summed E-state index contributed by atoms with van der Waals surface area (Å²) in [5.74, 6) is 1.56. The molecule has 2 N–H and O–H groups in total. The van der Waals surface area contributed by atoms with E-state index in [0.29, 0.717) is 0 Å². The number of benzene rings is 1. The second-order valence-electron chi connectivity index (χ2n) is 2.58. The Bertz CT molecular complexity index is 346. The highest BCUT2D eigenvalue weighted by Crippen LogP contribution is 2.25. The van der Waals surface area contributed by atoms with Crippen LogP contribution in [-0.4, -0.2) is 6.61 Å². The molecule has 6 heteroatoms. The summed E-state index contributed by atoms with van der Waals surface area (Å²) in [7, 11) is 0. The van der Waals surface area contributed by atoms with E-state index in [9.17, 15) is 13.2 Å². The third-order valence-electron chi connectivity index (χ3n) is 1.67. The van der Waals surface area contributed by atoms with Crippen LogP contribution in [0.2, 0.25) is 0 Å². The number of halogens is 4. The summed E-state index contributed by atoms with van der Waals surface area (Å²) < 4.78 is 38.3. The maximum absolute atomic E-state index is 13.2. The largest absolute Gasteiger partial charge is 0.304 e. The first-order valence-electron chi connectivity index (χ1n) is 3.71. The van der Waals surface area contributed by atoms with E-state index in [-0.39, 0.29) is 18.6 Å². The first-order valence-corrected chi connectivity index (χ1v) is 4.50. The molecule has 0 radical (unpaired) electrons. The van der Waals surface area contributed by atoms with Gasteiger partial charge in [-0.15, -0.1) is 0 Å². The van der Waals surface area contributed by atoms with E-state index in [4.69, 9.17) is 5.90 Å². The van der Waals surface area contributed by atoms with E-state index >= 15 is 0 Å². The molecule has 0 atom stereocenters. The monoisotopic (exact) mass is 269 g/mol. The van der Waals surface area contributed by atoms with Crippen LogP contribution in [0.5, 0.6) is 0 Å². The average molecular weight is 270 g/mol. The highest BCUT2D eigenvalue weighted by Gasteiger charge is 2.16. The summed E-state index contributed by atoms with van der Waals surface area (Å²) in [6.45, 7) is 0.0361.